The lowest BCUT2D eigenvalue weighted by molar-refractivity contribution is -0.384. The fourth-order valence-corrected chi connectivity index (χ4v) is 3.00. The standard InChI is InChI=1S/C19H27N5O4/c1-4-23(11-6-8-15-7-5-9-16(13-15)24(27)28)12-10-20-17-14-18(25)22(3)19(26)21(17)2/h5,7,9,13-14,20H,4,6,8,10-12H2,1-3H3. The van der Waals surface area contributed by atoms with Gasteiger partial charge in [-0.25, -0.2) is 4.79 Å². The molecule has 0 aliphatic carbocycles. The molecule has 0 saturated heterocycles. The summed E-state index contributed by atoms with van der Waals surface area (Å²) < 4.78 is 2.48. The highest BCUT2D eigenvalue weighted by Gasteiger charge is 2.08. The second-order valence-corrected chi connectivity index (χ2v) is 6.66. The van der Waals surface area contributed by atoms with Gasteiger partial charge in [-0.1, -0.05) is 19.1 Å². The van der Waals surface area contributed by atoms with Crippen LogP contribution in [0.3, 0.4) is 0 Å². The van der Waals surface area contributed by atoms with Crippen molar-refractivity contribution in [2.75, 3.05) is 31.5 Å². The van der Waals surface area contributed by atoms with E-state index in [0.29, 0.717) is 12.4 Å². The molecular weight excluding hydrogens is 362 g/mol. The molecule has 0 spiro atoms. The second kappa shape index (κ2) is 9.84. The first-order valence-electron chi connectivity index (χ1n) is 9.30. The third-order valence-electron chi connectivity index (χ3n) is 4.77. The molecule has 1 heterocycles. The van der Waals surface area contributed by atoms with Crippen LogP contribution in [0.4, 0.5) is 11.5 Å². The molecule has 1 aromatic carbocycles. The van der Waals surface area contributed by atoms with Crippen molar-refractivity contribution in [3.63, 3.8) is 0 Å². The molecule has 0 unspecified atom stereocenters. The Hall–Kier alpha value is -2.94. The van der Waals surface area contributed by atoms with Crippen molar-refractivity contribution in [1.29, 1.82) is 0 Å². The van der Waals surface area contributed by atoms with E-state index < -0.39 is 0 Å². The second-order valence-electron chi connectivity index (χ2n) is 6.66. The van der Waals surface area contributed by atoms with E-state index in [0.717, 1.165) is 42.6 Å². The SMILES string of the molecule is CCN(CCCc1cccc([N+](=O)[O-])c1)CCNc1cc(=O)n(C)c(=O)n1C. The molecule has 0 aliphatic rings. The van der Waals surface area contributed by atoms with Gasteiger partial charge in [-0.2, -0.15) is 0 Å². The van der Waals surface area contributed by atoms with Crippen LogP contribution in [-0.4, -0.2) is 45.1 Å². The number of anilines is 1. The molecule has 2 aromatic rings. The van der Waals surface area contributed by atoms with Gasteiger partial charge in [0.05, 0.1) is 4.92 Å². The molecule has 9 heteroatoms. The highest BCUT2D eigenvalue weighted by molar-refractivity contribution is 5.34. The fraction of sp³-hybridized carbons (Fsp3) is 0.474. The van der Waals surface area contributed by atoms with Crippen molar-refractivity contribution >= 4 is 11.5 Å². The number of likely N-dealkylation sites (N-methyl/N-ethyl adjacent to an activating group) is 1. The van der Waals surface area contributed by atoms with Gasteiger partial charge in [0, 0.05) is 45.4 Å². The smallest absolute Gasteiger partial charge is 0.332 e. The third-order valence-corrected chi connectivity index (χ3v) is 4.77. The molecule has 152 valence electrons. The van der Waals surface area contributed by atoms with Crippen LogP contribution in [0.2, 0.25) is 0 Å². The van der Waals surface area contributed by atoms with Gasteiger partial charge in [0.15, 0.2) is 0 Å². The van der Waals surface area contributed by atoms with Crippen LogP contribution in [0.5, 0.6) is 0 Å². The molecule has 0 radical (unpaired) electrons. The van der Waals surface area contributed by atoms with Gasteiger partial charge >= 0.3 is 5.69 Å². The summed E-state index contributed by atoms with van der Waals surface area (Å²) in [5, 5.41) is 14.0. The average Bonchev–Trinajstić information content (AvgIpc) is 2.69. The number of rotatable bonds is 10. The minimum Gasteiger partial charge on any atom is -0.370 e. The Morgan fingerprint density at radius 1 is 1.14 bits per heavy atom. The van der Waals surface area contributed by atoms with Crippen molar-refractivity contribution < 1.29 is 4.92 Å². The van der Waals surface area contributed by atoms with Gasteiger partial charge in [0.1, 0.15) is 5.82 Å². The summed E-state index contributed by atoms with van der Waals surface area (Å²) in [6.07, 6.45) is 1.66. The Morgan fingerprint density at radius 3 is 2.57 bits per heavy atom. The Morgan fingerprint density at radius 2 is 1.89 bits per heavy atom. The predicted octanol–water partition coefficient (Wildman–Crippen LogP) is 1.36. The zero-order chi connectivity index (χ0) is 20.7. The lowest BCUT2D eigenvalue weighted by atomic mass is 10.1. The number of aromatic nitrogens is 2. The molecule has 1 N–H and O–H groups in total. The van der Waals surface area contributed by atoms with E-state index in [2.05, 4.69) is 17.1 Å². The molecule has 0 amide bonds. The number of aryl methyl sites for hydroxylation is 1. The van der Waals surface area contributed by atoms with E-state index in [1.807, 2.05) is 6.07 Å². The molecule has 0 bridgehead atoms. The maximum Gasteiger partial charge on any atom is 0.332 e. The van der Waals surface area contributed by atoms with Crippen molar-refractivity contribution in [1.82, 2.24) is 14.0 Å². The molecule has 0 aliphatic heterocycles. The number of non-ortho nitro benzene ring substituents is 1. The van der Waals surface area contributed by atoms with Crippen LogP contribution in [0.1, 0.15) is 18.9 Å². The molecule has 1 aromatic heterocycles. The van der Waals surface area contributed by atoms with Gasteiger partial charge in [-0.05, 0) is 31.5 Å². The average molecular weight is 389 g/mol. The van der Waals surface area contributed by atoms with Crippen LogP contribution in [0.25, 0.3) is 0 Å². The summed E-state index contributed by atoms with van der Waals surface area (Å²) in [6.45, 7) is 5.16. The van der Waals surface area contributed by atoms with Crippen molar-refractivity contribution in [2.24, 2.45) is 14.1 Å². The molecule has 0 saturated carbocycles. The zero-order valence-corrected chi connectivity index (χ0v) is 16.6. The summed E-state index contributed by atoms with van der Waals surface area (Å²) >= 11 is 0. The Labute approximate surface area is 163 Å². The summed E-state index contributed by atoms with van der Waals surface area (Å²) in [6, 6.07) is 8.15. The molecule has 28 heavy (non-hydrogen) atoms. The summed E-state index contributed by atoms with van der Waals surface area (Å²) in [5.74, 6) is 0.501. The molecule has 9 nitrogen and oxygen atoms in total. The largest absolute Gasteiger partial charge is 0.370 e. The summed E-state index contributed by atoms with van der Waals surface area (Å²) in [4.78, 5) is 36.4. The highest BCUT2D eigenvalue weighted by atomic mass is 16.6. The first kappa shape index (κ1) is 21.4. The number of nitrogens with one attached hydrogen (secondary N) is 1. The minimum atomic E-state index is -0.377. The normalized spacial score (nSPS) is 11.0. The Bertz CT molecular complexity index is 935. The number of benzene rings is 1. The van der Waals surface area contributed by atoms with Gasteiger partial charge in [-0.15, -0.1) is 0 Å². The lowest BCUT2D eigenvalue weighted by Gasteiger charge is -2.21. The van der Waals surface area contributed by atoms with Gasteiger partial charge in [0.25, 0.3) is 11.2 Å². The number of nitro benzene ring substituents is 1. The molecule has 0 atom stereocenters. The molecule has 2 rings (SSSR count). The van der Waals surface area contributed by atoms with Crippen molar-refractivity contribution in [2.45, 2.75) is 19.8 Å². The first-order chi connectivity index (χ1) is 13.3. The van der Waals surface area contributed by atoms with E-state index in [-0.39, 0.29) is 21.9 Å². The van der Waals surface area contributed by atoms with Gasteiger partial charge in [0.2, 0.25) is 0 Å². The van der Waals surface area contributed by atoms with Crippen LogP contribution in [0.15, 0.2) is 39.9 Å². The third kappa shape index (κ3) is 5.53. The number of nitro groups is 1. The minimum absolute atomic E-state index is 0.119. The Balaban J connectivity index is 1.84. The monoisotopic (exact) mass is 389 g/mol. The number of hydrogen-bond donors (Lipinski definition) is 1. The van der Waals surface area contributed by atoms with Crippen molar-refractivity contribution in [3.05, 3.63) is 66.8 Å². The van der Waals surface area contributed by atoms with E-state index >= 15 is 0 Å². The van der Waals surface area contributed by atoms with Gasteiger partial charge < -0.3 is 10.2 Å². The maximum absolute atomic E-state index is 11.9. The first-order valence-corrected chi connectivity index (χ1v) is 9.30. The summed E-state index contributed by atoms with van der Waals surface area (Å²) in [5.41, 5.74) is 0.376. The van der Waals surface area contributed by atoms with Crippen LogP contribution in [0, 0.1) is 10.1 Å². The topological polar surface area (TPSA) is 102 Å². The zero-order valence-electron chi connectivity index (χ0n) is 16.6. The maximum atomic E-state index is 11.9. The number of nitrogens with zero attached hydrogens (tertiary/aromatic N) is 4. The van der Waals surface area contributed by atoms with E-state index in [1.165, 1.54) is 23.7 Å². The van der Waals surface area contributed by atoms with Crippen LogP contribution in [-0.2, 0) is 20.5 Å². The van der Waals surface area contributed by atoms with Crippen molar-refractivity contribution in [3.8, 4) is 0 Å². The molecular formula is C19H27N5O4. The van der Waals surface area contributed by atoms with E-state index in [4.69, 9.17) is 0 Å². The highest BCUT2D eigenvalue weighted by Crippen LogP contribution is 2.14. The van der Waals surface area contributed by atoms with E-state index in [9.17, 15) is 19.7 Å². The molecule has 0 fully saturated rings. The van der Waals surface area contributed by atoms with E-state index in [1.54, 1.807) is 19.2 Å². The van der Waals surface area contributed by atoms with Gasteiger partial charge in [-0.3, -0.25) is 24.0 Å². The predicted molar refractivity (Wildman–Crippen MR) is 109 cm³/mol. The fourth-order valence-electron chi connectivity index (χ4n) is 3.00. The quantitative estimate of drug-likeness (QED) is 0.486. The van der Waals surface area contributed by atoms with Crippen LogP contribution >= 0.6 is 0 Å². The lowest BCUT2D eigenvalue weighted by Crippen LogP contribution is -2.38. The summed E-state index contributed by atoms with van der Waals surface area (Å²) in [7, 11) is 3.08. The van der Waals surface area contributed by atoms with Crippen LogP contribution < -0.4 is 16.6 Å². The number of hydrogen-bond acceptors (Lipinski definition) is 6. The Kier molecular flexibility index (Phi) is 7.51.